The molecule has 0 bridgehead atoms. The SMILES string of the molecule is CCCCCCCCCS[C@@]1(O)O[C@H](CO)[C@@H](O[C@H]2O[C@H](CO)[C@@H](O)[C@H](O)[C@H]2O)[C@H](O)[C@H]1O. The summed E-state index contributed by atoms with van der Waals surface area (Å²) in [5.41, 5.74) is 0. The minimum absolute atomic E-state index is 0.463. The molecule has 0 aliphatic carbocycles. The largest absolute Gasteiger partial charge is 0.394 e. The third-order valence-corrected chi connectivity index (χ3v) is 7.34. The Kier molecular flexibility index (Phi) is 12.2. The summed E-state index contributed by atoms with van der Waals surface area (Å²) in [7, 11) is 0. The van der Waals surface area contributed by atoms with Gasteiger partial charge in [-0.3, -0.25) is 0 Å². The smallest absolute Gasteiger partial charge is 0.245 e. The summed E-state index contributed by atoms with van der Waals surface area (Å²) in [6.45, 7) is 0.794. The number of aliphatic hydroxyl groups is 8. The zero-order valence-corrected chi connectivity index (χ0v) is 19.8. The van der Waals surface area contributed by atoms with Gasteiger partial charge in [0, 0.05) is 0 Å². The van der Waals surface area contributed by atoms with E-state index in [2.05, 4.69) is 6.92 Å². The fourth-order valence-corrected chi connectivity index (χ4v) is 5.15. The maximum Gasteiger partial charge on any atom is 0.245 e. The van der Waals surface area contributed by atoms with E-state index in [1.165, 1.54) is 19.3 Å². The van der Waals surface area contributed by atoms with E-state index >= 15 is 0 Å². The quantitative estimate of drug-likeness (QED) is 0.107. The van der Waals surface area contributed by atoms with Gasteiger partial charge in [-0.15, -0.1) is 0 Å². The first-order valence-electron chi connectivity index (χ1n) is 11.7. The molecule has 11 nitrogen and oxygen atoms in total. The van der Waals surface area contributed by atoms with Gasteiger partial charge in [0.25, 0.3) is 0 Å². The molecule has 0 saturated carbocycles. The van der Waals surface area contributed by atoms with Crippen LogP contribution in [0.1, 0.15) is 51.9 Å². The third-order valence-electron chi connectivity index (χ3n) is 6.10. The summed E-state index contributed by atoms with van der Waals surface area (Å²) < 4.78 is 16.2. The van der Waals surface area contributed by atoms with Crippen LogP contribution in [0.25, 0.3) is 0 Å². The lowest BCUT2D eigenvalue weighted by Crippen LogP contribution is -2.67. The summed E-state index contributed by atoms with van der Waals surface area (Å²) >= 11 is 0.922. The third kappa shape index (κ3) is 7.45. The first-order chi connectivity index (χ1) is 15.7. The van der Waals surface area contributed by atoms with Gasteiger partial charge in [0.05, 0.1) is 13.2 Å². The normalized spacial score (nSPS) is 41.9. The van der Waals surface area contributed by atoms with Crippen molar-refractivity contribution in [1.29, 1.82) is 0 Å². The second-order valence-electron chi connectivity index (χ2n) is 8.67. The standard InChI is InChI=1S/C21H40O11S/c1-2-3-4-5-6-7-8-9-33-21(29)19(28)17(27)18(13(11-23)32-21)31-20-16(26)15(25)14(24)12(10-22)30-20/h12-20,22-29H,2-11H2,1H3/t12-,13-,14-,15+,16-,17+,18-,19-,20-,21+/m1/s1. The molecule has 0 unspecified atom stereocenters. The van der Waals surface area contributed by atoms with E-state index in [0.717, 1.165) is 37.4 Å². The number of ether oxygens (including phenoxy) is 3. The number of unbranched alkanes of at least 4 members (excludes halogenated alkanes) is 6. The Hall–Kier alpha value is -0.0900. The molecule has 2 saturated heterocycles. The van der Waals surface area contributed by atoms with Gasteiger partial charge in [0.1, 0.15) is 48.8 Å². The van der Waals surface area contributed by atoms with Crippen LogP contribution < -0.4 is 0 Å². The lowest BCUT2D eigenvalue weighted by molar-refractivity contribution is -0.362. The van der Waals surface area contributed by atoms with Crippen molar-refractivity contribution >= 4 is 11.8 Å². The number of rotatable bonds is 13. The highest BCUT2D eigenvalue weighted by Gasteiger charge is 2.56. The molecule has 0 aromatic rings. The van der Waals surface area contributed by atoms with E-state index in [9.17, 15) is 40.9 Å². The zero-order chi connectivity index (χ0) is 24.6. The van der Waals surface area contributed by atoms with E-state index in [0.29, 0.717) is 5.75 Å². The van der Waals surface area contributed by atoms with Crippen LogP contribution in [0.5, 0.6) is 0 Å². The Bertz CT molecular complexity index is 554. The number of hydrogen-bond acceptors (Lipinski definition) is 12. The molecule has 8 N–H and O–H groups in total. The molecule has 0 spiro atoms. The Labute approximate surface area is 198 Å². The monoisotopic (exact) mass is 500 g/mol. The molecule has 2 fully saturated rings. The van der Waals surface area contributed by atoms with Gasteiger partial charge in [-0.2, -0.15) is 0 Å². The van der Waals surface area contributed by atoms with Crippen LogP contribution >= 0.6 is 11.8 Å². The fourth-order valence-electron chi connectivity index (χ4n) is 4.01. The highest BCUT2D eigenvalue weighted by Crippen LogP contribution is 2.39. The first kappa shape index (κ1) is 29.1. The Morgan fingerprint density at radius 2 is 1.39 bits per heavy atom. The van der Waals surface area contributed by atoms with E-state index in [1.807, 2.05) is 0 Å². The van der Waals surface area contributed by atoms with Crippen molar-refractivity contribution in [3.63, 3.8) is 0 Å². The maximum atomic E-state index is 10.8. The predicted molar refractivity (Wildman–Crippen MR) is 118 cm³/mol. The predicted octanol–water partition coefficient (Wildman–Crippen LogP) is -1.59. The van der Waals surface area contributed by atoms with Crippen LogP contribution in [0.4, 0.5) is 0 Å². The lowest BCUT2D eigenvalue weighted by atomic mass is 9.97. The molecule has 0 aromatic carbocycles. The molecule has 0 aromatic heterocycles. The maximum absolute atomic E-state index is 10.8. The topological polar surface area (TPSA) is 190 Å². The zero-order valence-electron chi connectivity index (χ0n) is 19.0. The first-order valence-corrected chi connectivity index (χ1v) is 12.7. The second kappa shape index (κ2) is 13.9. The molecule has 10 atom stereocenters. The number of hydrogen-bond donors (Lipinski definition) is 8. The minimum Gasteiger partial charge on any atom is -0.394 e. The Morgan fingerprint density at radius 3 is 2.00 bits per heavy atom. The average Bonchev–Trinajstić information content (AvgIpc) is 2.81. The lowest BCUT2D eigenvalue weighted by Gasteiger charge is -2.48. The molecule has 0 radical (unpaired) electrons. The molecule has 33 heavy (non-hydrogen) atoms. The summed E-state index contributed by atoms with van der Waals surface area (Å²) in [4.78, 5) is 0. The van der Waals surface area contributed by atoms with Gasteiger partial charge >= 0.3 is 0 Å². The van der Waals surface area contributed by atoms with Crippen LogP contribution in [0.3, 0.4) is 0 Å². The Balaban J connectivity index is 1.93. The van der Waals surface area contributed by atoms with E-state index in [1.54, 1.807) is 0 Å². The summed E-state index contributed by atoms with van der Waals surface area (Å²) in [5.74, 6) is 0.463. The second-order valence-corrected chi connectivity index (χ2v) is 9.95. The molecular weight excluding hydrogens is 460 g/mol. The van der Waals surface area contributed by atoms with Crippen LogP contribution in [-0.2, 0) is 14.2 Å². The van der Waals surface area contributed by atoms with Crippen molar-refractivity contribution in [2.45, 2.75) is 112 Å². The highest BCUT2D eigenvalue weighted by molar-refractivity contribution is 8.00. The van der Waals surface area contributed by atoms with Gasteiger partial charge in [0.15, 0.2) is 6.29 Å². The highest BCUT2D eigenvalue weighted by atomic mass is 32.2. The van der Waals surface area contributed by atoms with Gasteiger partial charge in [-0.05, 0) is 12.2 Å². The van der Waals surface area contributed by atoms with Crippen LogP contribution in [0.2, 0.25) is 0 Å². The minimum atomic E-state index is -2.18. The van der Waals surface area contributed by atoms with Crippen molar-refractivity contribution in [2.75, 3.05) is 19.0 Å². The van der Waals surface area contributed by atoms with Gasteiger partial charge in [0.2, 0.25) is 5.12 Å². The van der Waals surface area contributed by atoms with Crippen molar-refractivity contribution in [2.24, 2.45) is 0 Å². The molecular formula is C21H40O11S. The van der Waals surface area contributed by atoms with Crippen molar-refractivity contribution in [3.8, 4) is 0 Å². The summed E-state index contributed by atoms with van der Waals surface area (Å²) in [5, 5.41) is 78.8. The summed E-state index contributed by atoms with van der Waals surface area (Å²) in [6.07, 6.45) is -6.60. The van der Waals surface area contributed by atoms with Crippen molar-refractivity contribution in [1.82, 2.24) is 0 Å². The molecule has 2 aliphatic rings. The van der Waals surface area contributed by atoms with Gasteiger partial charge in [-0.1, -0.05) is 57.2 Å². The summed E-state index contributed by atoms with van der Waals surface area (Å²) in [6, 6.07) is 0. The molecule has 2 aliphatic heterocycles. The Morgan fingerprint density at radius 1 is 0.788 bits per heavy atom. The molecule has 196 valence electrons. The molecule has 0 amide bonds. The van der Waals surface area contributed by atoms with Crippen LogP contribution in [-0.4, -0.2) is 120 Å². The van der Waals surface area contributed by atoms with Crippen molar-refractivity contribution < 1.29 is 55.1 Å². The van der Waals surface area contributed by atoms with Crippen molar-refractivity contribution in [3.05, 3.63) is 0 Å². The van der Waals surface area contributed by atoms with E-state index in [-0.39, 0.29) is 0 Å². The van der Waals surface area contributed by atoms with E-state index in [4.69, 9.17) is 14.2 Å². The number of aliphatic hydroxyl groups excluding tert-OH is 7. The van der Waals surface area contributed by atoms with Crippen LogP contribution in [0.15, 0.2) is 0 Å². The van der Waals surface area contributed by atoms with Crippen LogP contribution in [0, 0.1) is 0 Å². The average molecular weight is 501 g/mol. The van der Waals surface area contributed by atoms with Gasteiger partial charge < -0.3 is 55.1 Å². The van der Waals surface area contributed by atoms with Gasteiger partial charge in [-0.25, -0.2) is 0 Å². The van der Waals surface area contributed by atoms with E-state index < -0.39 is 73.5 Å². The fraction of sp³-hybridized carbons (Fsp3) is 1.00. The number of thioether (sulfide) groups is 1. The molecule has 2 heterocycles. The molecule has 2 rings (SSSR count). The molecule has 12 heteroatoms.